The van der Waals surface area contributed by atoms with Gasteiger partial charge in [0.2, 0.25) is 5.91 Å². The summed E-state index contributed by atoms with van der Waals surface area (Å²) in [6.45, 7) is 2.94. The normalized spacial score (nSPS) is 11.9. The van der Waals surface area contributed by atoms with Gasteiger partial charge in [-0.05, 0) is 50.3 Å². The van der Waals surface area contributed by atoms with Gasteiger partial charge in [0.05, 0.1) is 30.8 Å². The van der Waals surface area contributed by atoms with E-state index in [-0.39, 0.29) is 36.5 Å². The van der Waals surface area contributed by atoms with Crippen molar-refractivity contribution in [2.24, 2.45) is 0 Å². The molecule has 1 amide bonds. The highest BCUT2D eigenvalue weighted by Gasteiger charge is 2.24. The fourth-order valence-corrected chi connectivity index (χ4v) is 4.55. The Kier molecular flexibility index (Phi) is 9.19. The van der Waals surface area contributed by atoms with Gasteiger partial charge >= 0.3 is 0 Å². The van der Waals surface area contributed by atoms with Crippen molar-refractivity contribution in [3.05, 3.63) is 71.8 Å². The minimum atomic E-state index is -0.376. The largest absolute Gasteiger partial charge is 0.311 e. The molecule has 0 radical (unpaired) electrons. The van der Waals surface area contributed by atoms with Crippen LogP contribution in [-0.2, 0) is 11.3 Å². The Hall–Kier alpha value is -3.22. The molecule has 0 N–H and O–H groups in total. The predicted molar refractivity (Wildman–Crippen MR) is 132 cm³/mol. The lowest BCUT2D eigenvalue weighted by atomic mass is 10.2. The molecule has 0 spiro atoms. The molecule has 1 heterocycles. The molecule has 0 saturated carbocycles. The van der Waals surface area contributed by atoms with E-state index in [1.165, 1.54) is 28.8 Å². The second-order valence-corrected chi connectivity index (χ2v) is 8.96. The number of amides is 1. The molecule has 1 atom stereocenters. The lowest BCUT2D eigenvalue weighted by Gasteiger charge is -2.23. The van der Waals surface area contributed by atoms with Gasteiger partial charge in [-0.2, -0.15) is 5.26 Å². The third-order valence-corrected chi connectivity index (χ3v) is 6.40. The minimum absolute atomic E-state index is 0.0904. The monoisotopic (exact) mass is 480 g/mol. The summed E-state index contributed by atoms with van der Waals surface area (Å²) in [5.74, 6) is 0.418. The fraction of sp³-hybridized carbons (Fsp3) is 0.360. The number of hydrogen-bond acceptors (Lipinski definition) is 6. The van der Waals surface area contributed by atoms with Crippen LogP contribution in [0.4, 0.5) is 10.1 Å². The Labute approximate surface area is 204 Å². The van der Waals surface area contributed by atoms with E-state index in [0.717, 1.165) is 17.8 Å². The average molecular weight is 481 g/mol. The van der Waals surface area contributed by atoms with Crippen molar-refractivity contribution in [3.63, 3.8) is 0 Å². The Balaban J connectivity index is 1.84. The molecule has 0 aliphatic carbocycles. The quantitative estimate of drug-likeness (QED) is 0.376. The van der Waals surface area contributed by atoms with Crippen molar-refractivity contribution in [2.75, 3.05) is 31.3 Å². The number of carbonyl (C=O) groups excluding carboxylic acids is 1. The van der Waals surface area contributed by atoms with E-state index >= 15 is 0 Å². The molecule has 0 bridgehead atoms. The number of nitriles is 1. The number of rotatable bonds is 11. The van der Waals surface area contributed by atoms with Crippen LogP contribution in [0.2, 0.25) is 0 Å². The summed E-state index contributed by atoms with van der Waals surface area (Å²) in [6.07, 6.45) is 1.05. The summed E-state index contributed by atoms with van der Waals surface area (Å²) in [7, 11) is 4.03. The first-order valence-corrected chi connectivity index (χ1v) is 12.1. The van der Waals surface area contributed by atoms with E-state index in [4.69, 9.17) is 5.26 Å². The van der Waals surface area contributed by atoms with Gasteiger partial charge < -0.3 is 9.47 Å². The zero-order valence-corrected chi connectivity index (χ0v) is 20.5. The van der Waals surface area contributed by atoms with E-state index in [9.17, 15) is 9.18 Å². The van der Waals surface area contributed by atoms with Gasteiger partial charge in [-0.3, -0.25) is 9.69 Å². The summed E-state index contributed by atoms with van der Waals surface area (Å²) >= 11 is 1.32. The maximum Gasteiger partial charge on any atom is 0.237 e. The molecule has 3 rings (SSSR count). The number of halogens is 1. The molecule has 3 aromatic rings. The van der Waals surface area contributed by atoms with Gasteiger partial charge in [-0.25, -0.2) is 4.39 Å². The summed E-state index contributed by atoms with van der Waals surface area (Å²) in [4.78, 5) is 16.8. The summed E-state index contributed by atoms with van der Waals surface area (Å²) in [6, 6.07) is 18.0. The van der Waals surface area contributed by atoms with Crippen molar-refractivity contribution in [2.45, 2.75) is 37.5 Å². The number of anilines is 1. The Morgan fingerprint density at radius 3 is 2.47 bits per heavy atom. The SMILES string of the molecule is CCC(c1nnc(SCC(=O)N(CCC#N)c2ccc(F)cc2)n1Cc1ccccc1)N(C)C. The van der Waals surface area contributed by atoms with Crippen LogP contribution < -0.4 is 4.90 Å². The first kappa shape index (κ1) is 25.4. The van der Waals surface area contributed by atoms with Gasteiger partial charge in [0.15, 0.2) is 11.0 Å². The highest BCUT2D eigenvalue weighted by atomic mass is 32.2. The van der Waals surface area contributed by atoms with Crippen LogP contribution in [0.3, 0.4) is 0 Å². The molecule has 0 aliphatic rings. The third-order valence-electron chi connectivity index (χ3n) is 5.45. The van der Waals surface area contributed by atoms with Crippen LogP contribution >= 0.6 is 11.8 Å². The van der Waals surface area contributed by atoms with E-state index in [1.807, 2.05) is 32.3 Å². The number of carbonyl (C=O) groups is 1. The van der Waals surface area contributed by atoms with Crippen molar-refractivity contribution in [1.29, 1.82) is 5.26 Å². The molecule has 178 valence electrons. The molecule has 1 aromatic heterocycles. The van der Waals surface area contributed by atoms with Crippen molar-refractivity contribution < 1.29 is 9.18 Å². The molecular formula is C25H29FN6OS. The number of benzene rings is 2. The maximum absolute atomic E-state index is 13.4. The Morgan fingerprint density at radius 1 is 1.15 bits per heavy atom. The number of aromatic nitrogens is 3. The van der Waals surface area contributed by atoms with E-state index in [1.54, 1.807) is 12.1 Å². The molecule has 34 heavy (non-hydrogen) atoms. The highest BCUT2D eigenvalue weighted by molar-refractivity contribution is 7.99. The third kappa shape index (κ3) is 6.43. The van der Waals surface area contributed by atoms with E-state index < -0.39 is 0 Å². The molecule has 0 fully saturated rings. The predicted octanol–water partition coefficient (Wildman–Crippen LogP) is 4.52. The number of hydrogen-bond donors (Lipinski definition) is 0. The molecule has 7 nitrogen and oxygen atoms in total. The summed E-state index contributed by atoms with van der Waals surface area (Å²) in [5, 5.41) is 18.6. The topological polar surface area (TPSA) is 78.0 Å². The first-order chi connectivity index (χ1) is 16.4. The molecule has 9 heteroatoms. The van der Waals surface area contributed by atoms with Crippen molar-refractivity contribution >= 4 is 23.4 Å². The lowest BCUT2D eigenvalue weighted by Crippen LogP contribution is -2.33. The van der Waals surface area contributed by atoms with Gasteiger partial charge in [0.25, 0.3) is 0 Å². The van der Waals surface area contributed by atoms with Crippen LogP contribution in [0.1, 0.15) is 37.2 Å². The van der Waals surface area contributed by atoms with Crippen LogP contribution in [0.15, 0.2) is 59.8 Å². The second-order valence-electron chi connectivity index (χ2n) is 8.02. The zero-order chi connectivity index (χ0) is 24.5. The van der Waals surface area contributed by atoms with Gasteiger partial charge in [0, 0.05) is 12.2 Å². The van der Waals surface area contributed by atoms with Crippen LogP contribution in [0.5, 0.6) is 0 Å². The highest BCUT2D eigenvalue weighted by Crippen LogP contribution is 2.27. The van der Waals surface area contributed by atoms with E-state index in [2.05, 4.69) is 44.8 Å². The van der Waals surface area contributed by atoms with Gasteiger partial charge in [0.1, 0.15) is 5.82 Å². The van der Waals surface area contributed by atoms with Crippen molar-refractivity contribution in [1.82, 2.24) is 19.7 Å². The standard InChI is InChI=1S/C25H29FN6OS/c1-4-22(30(2)3)24-28-29-25(32(24)17-19-9-6-5-7-10-19)34-18-23(33)31(16-8-15-27)21-13-11-20(26)12-14-21/h5-7,9-14,22H,4,8,16-18H2,1-3H3. The number of thioether (sulfide) groups is 1. The Bertz CT molecular complexity index is 1110. The second kappa shape index (κ2) is 12.3. The summed E-state index contributed by atoms with van der Waals surface area (Å²) < 4.78 is 15.4. The smallest absolute Gasteiger partial charge is 0.237 e. The van der Waals surface area contributed by atoms with Gasteiger partial charge in [-0.15, -0.1) is 10.2 Å². The van der Waals surface area contributed by atoms with Crippen LogP contribution in [-0.4, -0.2) is 52.0 Å². The average Bonchev–Trinajstić information content (AvgIpc) is 3.21. The zero-order valence-electron chi connectivity index (χ0n) is 19.7. The molecular weight excluding hydrogens is 451 g/mol. The van der Waals surface area contributed by atoms with E-state index in [0.29, 0.717) is 17.4 Å². The lowest BCUT2D eigenvalue weighted by molar-refractivity contribution is -0.116. The minimum Gasteiger partial charge on any atom is -0.311 e. The molecule has 2 aromatic carbocycles. The van der Waals surface area contributed by atoms with Crippen molar-refractivity contribution in [3.8, 4) is 6.07 Å². The maximum atomic E-state index is 13.4. The van der Waals surface area contributed by atoms with Gasteiger partial charge in [-0.1, -0.05) is 49.0 Å². The molecule has 0 aliphatic heterocycles. The fourth-order valence-electron chi connectivity index (χ4n) is 3.73. The number of nitrogens with zero attached hydrogens (tertiary/aromatic N) is 6. The van der Waals surface area contributed by atoms with Crippen LogP contribution in [0, 0.1) is 17.1 Å². The summed E-state index contributed by atoms with van der Waals surface area (Å²) in [5.41, 5.74) is 1.68. The van der Waals surface area contributed by atoms with Crippen LogP contribution in [0.25, 0.3) is 0 Å². The Morgan fingerprint density at radius 2 is 1.85 bits per heavy atom. The molecule has 0 saturated heterocycles. The first-order valence-electron chi connectivity index (χ1n) is 11.1. The molecule has 1 unspecified atom stereocenters.